The summed E-state index contributed by atoms with van der Waals surface area (Å²) in [5, 5.41) is 2.97. The Morgan fingerprint density at radius 2 is 1.67 bits per heavy atom. The van der Waals surface area contributed by atoms with Crippen molar-refractivity contribution >= 4 is 15.7 Å². The molecule has 158 valence electrons. The maximum Gasteiger partial charge on any atom is 0.252 e. The Kier molecular flexibility index (Phi) is 6.12. The van der Waals surface area contributed by atoms with Crippen LogP contribution >= 0.6 is 0 Å². The zero-order chi connectivity index (χ0) is 21.9. The van der Waals surface area contributed by atoms with E-state index in [-0.39, 0.29) is 10.8 Å². The SMILES string of the molecule is COc1cc(OC)cc(C(NC(=O)c2ccc(S(C)(=O)=O)cc2)c2nccn2C)c1. The highest BCUT2D eigenvalue weighted by Crippen LogP contribution is 2.29. The van der Waals surface area contributed by atoms with Crippen molar-refractivity contribution in [3.8, 4) is 11.5 Å². The van der Waals surface area contributed by atoms with E-state index in [1.165, 1.54) is 24.3 Å². The third kappa shape index (κ3) is 4.62. The van der Waals surface area contributed by atoms with Gasteiger partial charge < -0.3 is 19.4 Å². The van der Waals surface area contributed by atoms with E-state index in [9.17, 15) is 13.2 Å². The van der Waals surface area contributed by atoms with Crippen LogP contribution in [0, 0.1) is 0 Å². The fourth-order valence-electron chi connectivity index (χ4n) is 3.02. The van der Waals surface area contributed by atoms with Crippen molar-refractivity contribution in [1.82, 2.24) is 14.9 Å². The van der Waals surface area contributed by atoms with Crippen LogP contribution in [-0.2, 0) is 16.9 Å². The summed E-state index contributed by atoms with van der Waals surface area (Å²) in [6, 6.07) is 10.5. The van der Waals surface area contributed by atoms with Gasteiger partial charge in [0, 0.05) is 37.3 Å². The zero-order valence-electron chi connectivity index (χ0n) is 17.1. The first kappa shape index (κ1) is 21.4. The quantitative estimate of drug-likeness (QED) is 0.619. The Labute approximate surface area is 175 Å². The van der Waals surface area contributed by atoms with Crippen molar-refractivity contribution in [1.29, 1.82) is 0 Å². The van der Waals surface area contributed by atoms with Gasteiger partial charge in [-0.25, -0.2) is 13.4 Å². The number of amides is 1. The van der Waals surface area contributed by atoms with E-state index in [2.05, 4.69) is 10.3 Å². The van der Waals surface area contributed by atoms with Crippen LogP contribution in [0.25, 0.3) is 0 Å². The van der Waals surface area contributed by atoms with Gasteiger partial charge in [0.2, 0.25) is 0 Å². The number of hydrogen-bond donors (Lipinski definition) is 1. The minimum atomic E-state index is -3.34. The molecule has 1 unspecified atom stereocenters. The number of carbonyl (C=O) groups excluding carboxylic acids is 1. The van der Waals surface area contributed by atoms with Crippen LogP contribution in [0.1, 0.15) is 27.8 Å². The summed E-state index contributed by atoms with van der Waals surface area (Å²) in [6.07, 6.45) is 4.55. The molecule has 1 atom stereocenters. The minimum Gasteiger partial charge on any atom is -0.497 e. The molecule has 0 saturated heterocycles. The van der Waals surface area contributed by atoms with E-state index in [0.29, 0.717) is 22.9 Å². The molecule has 0 aliphatic rings. The summed E-state index contributed by atoms with van der Waals surface area (Å²) in [7, 11) is 1.60. The monoisotopic (exact) mass is 429 g/mol. The highest BCUT2D eigenvalue weighted by atomic mass is 32.2. The molecule has 0 aliphatic heterocycles. The summed E-state index contributed by atoms with van der Waals surface area (Å²) < 4.78 is 35.8. The summed E-state index contributed by atoms with van der Waals surface area (Å²) in [5.41, 5.74) is 1.05. The number of methoxy groups -OCH3 is 2. The average Bonchev–Trinajstić information content (AvgIpc) is 3.16. The van der Waals surface area contributed by atoms with E-state index in [4.69, 9.17) is 9.47 Å². The van der Waals surface area contributed by atoms with Gasteiger partial charge in [-0.2, -0.15) is 0 Å². The second-order valence-electron chi connectivity index (χ2n) is 6.75. The van der Waals surface area contributed by atoms with Crippen molar-refractivity contribution in [2.24, 2.45) is 7.05 Å². The second kappa shape index (κ2) is 8.58. The standard InChI is InChI=1S/C21H23N3O5S/c1-24-10-9-22-20(24)19(15-11-16(28-2)13-17(12-15)29-3)23-21(25)14-5-7-18(8-6-14)30(4,26)27/h5-13,19H,1-4H3,(H,23,25). The first-order valence-corrected chi connectivity index (χ1v) is 10.9. The largest absolute Gasteiger partial charge is 0.497 e. The summed E-state index contributed by atoms with van der Waals surface area (Å²) >= 11 is 0. The number of nitrogens with one attached hydrogen (secondary N) is 1. The van der Waals surface area contributed by atoms with Crippen molar-refractivity contribution in [2.75, 3.05) is 20.5 Å². The topological polar surface area (TPSA) is 99.5 Å². The predicted molar refractivity (Wildman–Crippen MR) is 112 cm³/mol. The lowest BCUT2D eigenvalue weighted by Gasteiger charge is -2.20. The molecule has 1 aromatic heterocycles. The molecule has 3 aromatic rings. The maximum atomic E-state index is 12.9. The molecule has 3 rings (SSSR count). The van der Waals surface area contributed by atoms with Crippen LogP contribution in [0.2, 0.25) is 0 Å². The van der Waals surface area contributed by atoms with Crippen molar-refractivity contribution < 1.29 is 22.7 Å². The van der Waals surface area contributed by atoms with Gasteiger partial charge in [0.05, 0.1) is 19.1 Å². The summed E-state index contributed by atoms with van der Waals surface area (Å²) in [5.74, 6) is 1.40. The van der Waals surface area contributed by atoms with Gasteiger partial charge in [0.1, 0.15) is 23.4 Å². The number of benzene rings is 2. The molecule has 0 radical (unpaired) electrons. The molecule has 1 heterocycles. The lowest BCUT2D eigenvalue weighted by Crippen LogP contribution is -2.31. The summed E-state index contributed by atoms with van der Waals surface area (Å²) in [4.78, 5) is 17.5. The number of ether oxygens (including phenoxy) is 2. The second-order valence-corrected chi connectivity index (χ2v) is 8.76. The van der Waals surface area contributed by atoms with Gasteiger partial charge in [0.15, 0.2) is 9.84 Å². The first-order chi connectivity index (χ1) is 14.2. The van der Waals surface area contributed by atoms with Gasteiger partial charge >= 0.3 is 0 Å². The van der Waals surface area contributed by atoms with Crippen LogP contribution in [0.3, 0.4) is 0 Å². The molecule has 2 aromatic carbocycles. The van der Waals surface area contributed by atoms with E-state index in [1.54, 1.807) is 44.8 Å². The molecule has 30 heavy (non-hydrogen) atoms. The Balaban J connectivity index is 1.98. The van der Waals surface area contributed by atoms with Gasteiger partial charge in [0.25, 0.3) is 5.91 Å². The van der Waals surface area contributed by atoms with Gasteiger partial charge in [-0.05, 0) is 42.0 Å². The molecule has 1 N–H and O–H groups in total. The highest BCUT2D eigenvalue weighted by molar-refractivity contribution is 7.90. The van der Waals surface area contributed by atoms with Gasteiger partial charge in [-0.3, -0.25) is 4.79 Å². The molecule has 0 saturated carbocycles. The van der Waals surface area contributed by atoms with Crippen LogP contribution < -0.4 is 14.8 Å². The molecule has 0 spiro atoms. The highest BCUT2D eigenvalue weighted by Gasteiger charge is 2.23. The van der Waals surface area contributed by atoms with Crippen LogP contribution in [0.4, 0.5) is 0 Å². The smallest absolute Gasteiger partial charge is 0.252 e. The van der Waals surface area contributed by atoms with Crippen molar-refractivity contribution in [3.63, 3.8) is 0 Å². The van der Waals surface area contributed by atoms with Crippen molar-refractivity contribution in [2.45, 2.75) is 10.9 Å². The number of aromatic nitrogens is 2. The van der Waals surface area contributed by atoms with E-state index < -0.39 is 15.9 Å². The van der Waals surface area contributed by atoms with E-state index >= 15 is 0 Å². The average molecular weight is 429 g/mol. The van der Waals surface area contributed by atoms with Crippen LogP contribution in [0.5, 0.6) is 11.5 Å². The molecule has 8 nitrogen and oxygen atoms in total. The van der Waals surface area contributed by atoms with E-state index in [1.807, 2.05) is 11.6 Å². The molecular weight excluding hydrogens is 406 g/mol. The first-order valence-electron chi connectivity index (χ1n) is 9.04. The molecule has 0 aliphatic carbocycles. The van der Waals surface area contributed by atoms with Crippen LogP contribution in [-0.4, -0.2) is 44.4 Å². The normalized spacial score (nSPS) is 12.3. The Hall–Kier alpha value is -3.33. The molecular formula is C21H23N3O5S. The molecule has 1 amide bonds. The fraction of sp³-hybridized carbons (Fsp3) is 0.238. The maximum absolute atomic E-state index is 12.9. The number of aryl methyl sites for hydroxylation is 1. The molecule has 9 heteroatoms. The third-order valence-electron chi connectivity index (χ3n) is 4.64. The Morgan fingerprint density at radius 1 is 1.07 bits per heavy atom. The Morgan fingerprint density at radius 3 is 2.13 bits per heavy atom. The molecule has 0 bridgehead atoms. The molecule has 0 fully saturated rings. The van der Waals surface area contributed by atoms with E-state index in [0.717, 1.165) is 11.8 Å². The lowest BCUT2D eigenvalue weighted by molar-refractivity contribution is 0.0941. The number of nitrogens with zero attached hydrogens (tertiary/aromatic N) is 2. The lowest BCUT2D eigenvalue weighted by atomic mass is 10.0. The number of imidazole rings is 1. The number of sulfone groups is 1. The minimum absolute atomic E-state index is 0.150. The van der Waals surface area contributed by atoms with Crippen LogP contribution in [0.15, 0.2) is 59.8 Å². The van der Waals surface area contributed by atoms with Gasteiger partial charge in [-0.15, -0.1) is 0 Å². The number of rotatable bonds is 7. The number of hydrogen-bond acceptors (Lipinski definition) is 6. The van der Waals surface area contributed by atoms with Crippen molar-refractivity contribution in [3.05, 3.63) is 71.8 Å². The predicted octanol–water partition coefficient (Wildman–Crippen LogP) is 2.36. The Bertz CT molecular complexity index is 1130. The zero-order valence-corrected chi connectivity index (χ0v) is 17.9. The third-order valence-corrected chi connectivity index (χ3v) is 5.77. The summed E-state index contributed by atoms with van der Waals surface area (Å²) in [6.45, 7) is 0. The number of carbonyl (C=O) groups is 1. The van der Waals surface area contributed by atoms with Gasteiger partial charge in [-0.1, -0.05) is 0 Å². The fourth-order valence-corrected chi connectivity index (χ4v) is 3.65.